The van der Waals surface area contributed by atoms with Crippen LogP contribution in [0.5, 0.6) is 5.75 Å². The minimum Gasteiger partial charge on any atom is -0.480 e. The molecule has 0 saturated carbocycles. The number of fused-ring (bicyclic) bond motifs is 1. The van der Waals surface area contributed by atoms with Crippen LogP contribution in [-0.4, -0.2) is 25.2 Å². The average Bonchev–Trinajstić information content (AvgIpc) is 3.19. The lowest BCUT2D eigenvalue weighted by molar-refractivity contribution is -0.127. The molecule has 0 bridgehead atoms. The van der Waals surface area contributed by atoms with Crippen LogP contribution in [0.4, 0.5) is 0 Å². The first-order valence-corrected chi connectivity index (χ1v) is 7.45. The summed E-state index contributed by atoms with van der Waals surface area (Å²) < 4.78 is 16.3. The highest BCUT2D eigenvalue weighted by Gasteiger charge is 2.28. The Balaban J connectivity index is 1.30. The third-order valence-corrected chi connectivity index (χ3v) is 3.53. The Morgan fingerprint density at radius 2 is 2.18 bits per heavy atom. The molecule has 2 aromatic rings. The van der Waals surface area contributed by atoms with E-state index in [9.17, 15) is 4.79 Å². The number of nitrogens with one attached hydrogen (secondary N) is 1. The zero-order valence-corrected chi connectivity index (χ0v) is 12.3. The Labute approximate surface area is 129 Å². The molecule has 5 nitrogen and oxygen atoms in total. The van der Waals surface area contributed by atoms with Crippen LogP contribution in [0.15, 0.2) is 47.1 Å². The minimum absolute atomic E-state index is 0.0674. The van der Waals surface area contributed by atoms with Crippen molar-refractivity contribution in [3.63, 3.8) is 0 Å². The highest BCUT2D eigenvalue weighted by molar-refractivity contribution is 5.82. The normalized spacial score (nSPS) is 16.1. The van der Waals surface area contributed by atoms with E-state index in [2.05, 4.69) is 5.32 Å². The summed E-state index contributed by atoms with van der Waals surface area (Å²) in [5, 5.41) is 2.89. The summed E-state index contributed by atoms with van der Waals surface area (Å²) in [4.78, 5) is 12.0. The summed E-state index contributed by atoms with van der Waals surface area (Å²) >= 11 is 0. The standard InChI is InChI=1S/C17H19NO4/c19-17(16-11-13-5-1-2-7-15(13)22-16)18-8-4-9-20-12-14-6-3-10-21-14/h1-3,5-7,10,16H,4,8-9,11-12H2,(H,18,19)/t16-/m0/s1. The van der Waals surface area contributed by atoms with E-state index in [0.29, 0.717) is 26.2 Å². The van der Waals surface area contributed by atoms with Crippen LogP contribution in [0.25, 0.3) is 0 Å². The van der Waals surface area contributed by atoms with Gasteiger partial charge in [0, 0.05) is 19.6 Å². The monoisotopic (exact) mass is 301 g/mol. The maximum absolute atomic E-state index is 12.0. The van der Waals surface area contributed by atoms with Crippen LogP contribution in [0, 0.1) is 0 Å². The summed E-state index contributed by atoms with van der Waals surface area (Å²) in [6.07, 6.45) is 2.60. The number of amides is 1. The highest BCUT2D eigenvalue weighted by Crippen LogP contribution is 2.27. The molecule has 1 aromatic carbocycles. The molecule has 1 aliphatic rings. The Kier molecular flexibility index (Phi) is 4.75. The first-order valence-electron chi connectivity index (χ1n) is 7.45. The minimum atomic E-state index is -0.415. The van der Waals surface area contributed by atoms with Gasteiger partial charge in [-0.15, -0.1) is 0 Å². The lowest BCUT2D eigenvalue weighted by Crippen LogP contribution is -2.38. The Morgan fingerprint density at radius 1 is 1.27 bits per heavy atom. The molecule has 2 heterocycles. The van der Waals surface area contributed by atoms with Gasteiger partial charge in [0.2, 0.25) is 0 Å². The molecular formula is C17H19NO4. The van der Waals surface area contributed by atoms with Gasteiger partial charge in [0.05, 0.1) is 6.26 Å². The zero-order chi connectivity index (χ0) is 15.2. The van der Waals surface area contributed by atoms with Gasteiger partial charge in [-0.05, 0) is 30.2 Å². The lowest BCUT2D eigenvalue weighted by atomic mass is 10.1. The van der Waals surface area contributed by atoms with Crippen molar-refractivity contribution >= 4 is 5.91 Å². The number of para-hydroxylation sites is 1. The van der Waals surface area contributed by atoms with Gasteiger partial charge in [0.15, 0.2) is 6.10 Å². The van der Waals surface area contributed by atoms with E-state index in [1.54, 1.807) is 6.26 Å². The third kappa shape index (κ3) is 3.68. The van der Waals surface area contributed by atoms with Crippen molar-refractivity contribution in [3.05, 3.63) is 54.0 Å². The molecule has 1 atom stereocenters. The molecule has 0 aliphatic carbocycles. The third-order valence-electron chi connectivity index (χ3n) is 3.53. The van der Waals surface area contributed by atoms with Crippen LogP contribution in [0.1, 0.15) is 17.7 Å². The van der Waals surface area contributed by atoms with Gasteiger partial charge in [-0.3, -0.25) is 4.79 Å². The van der Waals surface area contributed by atoms with E-state index in [-0.39, 0.29) is 5.91 Å². The van der Waals surface area contributed by atoms with Crippen LogP contribution in [-0.2, 0) is 22.6 Å². The fourth-order valence-corrected chi connectivity index (χ4v) is 2.40. The Bertz CT molecular complexity index is 584. The Hall–Kier alpha value is -2.27. The first-order chi connectivity index (χ1) is 10.8. The molecule has 1 aromatic heterocycles. The molecule has 22 heavy (non-hydrogen) atoms. The second-order valence-electron chi connectivity index (χ2n) is 5.19. The summed E-state index contributed by atoms with van der Waals surface area (Å²) in [6, 6.07) is 11.5. The van der Waals surface area contributed by atoms with E-state index in [4.69, 9.17) is 13.9 Å². The molecular weight excluding hydrogens is 282 g/mol. The van der Waals surface area contributed by atoms with Crippen molar-refractivity contribution in [1.29, 1.82) is 0 Å². The molecule has 1 amide bonds. The second-order valence-corrected chi connectivity index (χ2v) is 5.19. The van der Waals surface area contributed by atoms with Gasteiger partial charge in [-0.25, -0.2) is 0 Å². The fraction of sp³-hybridized carbons (Fsp3) is 0.353. The van der Waals surface area contributed by atoms with Crippen molar-refractivity contribution in [2.45, 2.75) is 25.6 Å². The van der Waals surface area contributed by atoms with Gasteiger partial charge >= 0.3 is 0 Å². The van der Waals surface area contributed by atoms with E-state index < -0.39 is 6.10 Å². The number of ether oxygens (including phenoxy) is 2. The Morgan fingerprint density at radius 3 is 3.00 bits per heavy atom. The van der Waals surface area contributed by atoms with E-state index >= 15 is 0 Å². The smallest absolute Gasteiger partial charge is 0.261 e. The van der Waals surface area contributed by atoms with Crippen molar-refractivity contribution in [2.24, 2.45) is 0 Å². The summed E-state index contributed by atoms with van der Waals surface area (Å²) in [5.74, 6) is 1.55. The fourth-order valence-electron chi connectivity index (χ4n) is 2.40. The predicted octanol–water partition coefficient (Wildman–Crippen LogP) is 2.31. The van der Waals surface area contributed by atoms with Crippen LogP contribution >= 0.6 is 0 Å². The molecule has 0 saturated heterocycles. The van der Waals surface area contributed by atoms with E-state index in [1.165, 1.54) is 0 Å². The lowest BCUT2D eigenvalue weighted by Gasteiger charge is -2.11. The number of rotatable bonds is 7. The molecule has 0 radical (unpaired) electrons. The molecule has 1 N–H and O–H groups in total. The summed E-state index contributed by atoms with van der Waals surface area (Å²) in [5.41, 5.74) is 1.09. The summed E-state index contributed by atoms with van der Waals surface area (Å²) in [6.45, 7) is 1.61. The van der Waals surface area contributed by atoms with Gasteiger partial charge in [-0.2, -0.15) is 0 Å². The molecule has 0 fully saturated rings. The number of carbonyl (C=O) groups excluding carboxylic acids is 1. The molecule has 5 heteroatoms. The number of furan rings is 1. The number of hydrogen-bond donors (Lipinski definition) is 1. The van der Waals surface area contributed by atoms with Crippen LogP contribution in [0.3, 0.4) is 0 Å². The maximum atomic E-state index is 12.0. The number of hydrogen-bond acceptors (Lipinski definition) is 4. The summed E-state index contributed by atoms with van der Waals surface area (Å²) in [7, 11) is 0. The van der Waals surface area contributed by atoms with Crippen LogP contribution in [0.2, 0.25) is 0 Å². The average molecular weight is 301 g/mol. The van der Waals surface area contributed by atoms with E-state index in [0.717, 1.165) is 23.5 Å². The predicted molar refractivity (Wildman–Crippen MR) is 80.6 cm³/mol. The van der Waals surface area contributed by atoms with Gasteiger partial charge in [-0.1, -0.05) is 18.2 Å². The second kappa shape index (κ2) is 7.13. The van der Waals surface area contributed by atoms with Crippen molar-refractivity contribution in [1.82, 2.24) is 5.32 Å². The molecule has 116 valence electrons. The maximum Gasteiger partial charge on any atom is 0.261 e. The molecule has 0 unspecified atom stereocenters. The zero-order valence-electron chi connectivity index (χ0n) is 12.3. The first kappa shape index (κ1) is 14.7. The topological polar surface area (TPSA) is 60.7 Å². The number of carbonyl (C=O) groups is 1. The molecule has 1 aliphatic heterocycles. The quantitative estimate of drug-likeness (QED) is 0.797. The van der Waals surface area contributed by atoms with Gasteiger partial charge in [0.25, 0.3) is 5.91 Å². The largest absolute Gasteiger partial charge is 0.480 e. The molecule has 3 rings (SSSR count). The van der Waals surface area contributed by atoms with Crippen molar-refractivity contribution in [3.8, 4) is 5.75 Å². The van der Waals surface area contributed by atoms with Crippen molar-refractivity contribution < 1.29 is 18.7 Å². The molecule has 0 spiro atoms. The van der Waals surface area contributed by atoms with E-state index in [1.807, 2.05) is 36.4 Å². The van der Waals surface area contributed by atoms with Gasteiger partial charge < -0.3 is 19.2 Å². The van der Waals surface area contributed by atoms with Crippen molar-refractivity contribution in [2.75, 3.05) is 13.2 Å². The van der Waals surface area contributed by atoms with Gasteiger partial charge in [0.1, 0.15) is 18.1 Å². The SMILES string of the molecule is O=C(NCCCOCc1ccco1)[C@@H]1Cc2ccccc2O1. The number of benzene rings is 1. The van der Waals surface area contributed by atoms with Crippen LogP contribution < -0.4 is 10.1 Å². The highest BCUT2D eigenvalue weighted by atomic mass is 16.5.